The van der Waals surface area contributed by atoms with Gasteiger partial charge in [0.25, 0.3) is 5.91 Å². The fourth-order valence-electron chi connectivity index (χ4n) is 2.50. The molecule has 3 rings (SSSR count). The maximum atomic E-state index is 12.3. The van der Waals surface area contributed by atoms with Gasteiger partial charge in [-0.3, -0.25) is 4.79 Å². The molecule has 0 fully saturated rings. The van der Waals surface area contributed by atoms with Crippen LogP contribution in [0.4, 0.5) is 5.69 Å². The number of nitrogens with zero attached hydrogens (tertiary/aromatic N) is 3. The van der Waals surface area contributed by atoms with Crippen molar-refractivity contribution in [1.29, 1.82) is 0 Å². The van der Waals surface area contributed by atoms with Crippen molar-refractivity contribution in [1.82, 2.24) is 14.9 Å². The summed E-state index contributed by atoms with van der Waals surface area (Å²) in [5, 5.41) is 2.96. The Morgan fingerprint density at radius 1 is 1.22 bits per heavy atom. The van der Waals surface area contributed by atoms with Crippen molar-refractivity contribution in [2.45, 2.75) is 6.54 Å². The maximum absolute atomic E-state index is 12.3. The number of rotatable bonds is 4. The summed E-state index contributed by atoms with van der Waals surface area (Å²) >= 11 is 0. The third kappa shape index (κ3) is 3.18. The minimum absolute atomic E-state index is 0.0742. The first-order valence-electron chi connectivity index (χ1n) is 7.50. The average molecular weight is 308 g/mol. The van der Waals surface area contributed by atoms with Gasteiger partial charge in [-0.15, -0.1) is 0 Å². The highest BCUT2D eigenvalue weighted by Gasteiger charge is 2.08. The molecule has 0 saturated carbocycles. The molecule has 0 aliphatic rings. The van der Waals surface area contributed by atoms with Gasteiger partial charge in [-0.2, -0.15) is 0 Å². The van der Waals surface area contributed by atoms with Crippen LogP contribution in [0.3, 0.4) is 0 Å². The molecule has 2 aromatic carbocycles. The van der Waals surface area contributed by atoms with Crippen molar-refractivity contribution in [3.8, 4) is 0 Å². The van der Waals surface area contributed by atoms with Crippen molar-refractivity contribution in [2.75, 3.05) is 19.0 Å². The molecule has 118 valence electrons. The highest BCUT2D eigenvalue weighted by molar-refractivity contribution is 5.95. The second-order valence-electron chi connectivity index (χ2n) is 5.81. The van der Waals surface area contributed by atoms with Crippen LogP contribution >= 0.6 is 0 Å². The van der Waals surface area contributed by atoms with Crippen LogP contribution in [-0.2, 0) is 13.6 Å². The number of nitrogens with one attached hydrogen (secondary N) is 1. The first-order valence-corrected chi connectivity index (χ1v) is 7.50. The van der Waals surface area contributed by atoms with Gasteiger partial charge in [0.05, 0.1) is 17.4 Å². The second kappa shape index (κ2) is 6.12. The zero-order valence-electron chi connectivity index (χ0n) is 13.6. The number of aryl methyl sites for hydroxylation is 1. The largest absolute Gasteiger partial charge is 0.378 e. The molecule has 1 N–H and O–H groups in total. The minimum Gasteiger partial charge on any atom is -0.378 e. The monoisotopic (exact) mass is 308 g/mol. The molecule has 5 heteroatoms. The number of imidazole rings is 1. The number of fused-ring (bicyclic) bond motifs is 1. The molecular formula is C18H20N4O. The van der Waals surface area contributed by atoms with Gasteiger partial charge in [-0.1, -0.05) is 12.1 Å². The SMILES string of the molecule is CN(C)c1cccc(C(=O)NCc2ccc3c(c2)ncn3C)c1. The number of carbonyl (C=O) groups is 1. The molecule has 0 atom stereocenters. The van der Waals surface area contributed by atoms with Crippen molar-refractivity contribution in [3.63, 3.8) is 0 Å². The molecule has 0 saturated heterocycles. The van der Waals surface area contributed by atoms with Gasteiger partial charge in [-0.25, -0.2) is 4.98 Å². The third-order valence-corrected chi connectivity index (χ3v) is 3.87. The predicted molar refractivity (Wildman–Crippen MR) is 92.7 cm³/mol. The number of benzene rings is 2. The van der Waals surface area contributed by atoms with Gasteiger partial charge in [0, 0.05) is 38.9 Å². The standard InChI is InChI=1S/C18H20N4O/c1-21(2)15-6-4-5-14(10-15)18(23)19-11-13-7-8-17-16(9-13)20-12-22(17)3/h4-10,12H,11H2,1-3H3,(H,19,23). The Morgan fingerprint density at radius 3 is 2.83 bits per heavy atom. The molecule has 23 heavy (non-hydrogen) atoms. The first kappa shape index (κ1) is 15.1. The molecule has 1 aromatic heterocycles. The summed E-state index contributed by atoms with van der Waals surface area (Å²) in [4.78, 5) is 18.6. The lowest BCUT2D eigenvalue weighted by atomic mass is 10.1. The fourth-order valence-corrected chi connectivity index (χ4v) is 2.50. The molecule has 1 amide bonds. The normalized spacial score (nSPS) is 10.7. The Balaban J connectivity index is 1.71. The predicted octanol–water partition coefficient (Wildman–Crippen LogP) is 2.57. The van der Waals surface area contributed by atoms with Crippen LogP contribution in [0.2, 0.25) is 0 Å². The Labute approximate surface area is 135 Å². The summed E-state index contributed by atoms with van der Waals surface area (Å²) in [6, 6.07) is 13.6. The lowest BCUT2D eigenvalue weighted by molar-refractivity contribution is 0.0951. The van der Waals surface area contributed by atoms with Crippen molar-refractivity contribution < 1.29 is 4.79 Å². The number of carbonyl (C=O) groups excluding carboxylic acids is 1. The molecule has 0 unspecified atom stereocenters. The van der Waals surface area contributed by atoms with E-state index < -0.39 is 0 Å². The number of hydrogen-bond donors (Lipinski definition) is 1. The number of anilines is 1. The van der Waals surface area contributed by atoms with Crippen LogP contribution in [0.1, 0.15) is 15.9 Å². The van der Waals surface area contributed by atoms with E-state index in [9.17, 15) is 4.79 Å². The Hall–Kier alpha value is -2.82. The number of aromatic nitrogens is 2. The summed E-state index contributed by atoms with van der Waals surface area (Å²) in [6.07, 6.45) is 1.79. The molecule has 3 aromatic rings. The lowest BCUT2D eigenvalue weighted by Gasteiger charge is -2.13. The Morgan fingerprint density at radius 2 is 2.04 bits per heavy atom. The van der Waals surface area contributed by atoms with E-state index >= 15 is 0 Å². The van der Waals surface area contributed by atoms with Crippen LogP contribution in [0.15, 0.2) is 48.8 Å². The molecule has 0 bridgehead atoms. The maximum Gasteiger partial charge on any atom is 0.251 e. The summed E-state index contributed by atoms with van der Waals surface area (Å²) in [5.74, 6) is -0.0742. The van der Waals surface area contributed by atoms with Gasteiger partial charge >= 0.3 is 0 Å². The van der Waals surface area contributed by atoms with Crippen LogP contribution in [0, 0.1) is 0 Å². The van der Waals surface area contributed by atoms with Crippen LogP contribution < -0.4 is 10.2 Å². The molecule has 0 aliphatic heterocycles. The first-order chi connectivity index (χ1) is 11.0. The Kier molecular flexibility index (Phi) is 4.02. The van der Waals surface area contributed by atoms with E-state index in [1.807, 2.05) is 73.1 Å². The average Bonchev–Trinajstić information content (AvgIpc) is 2.93. The van der Waals surface area contributed by atoms with E-state index in [1.54, 1.807) is 6.33 Å². The van der Waals surface area contributed by atoms with E-state index in [0.717, 1.165) is 22.3 Å². The number of hydrogen-bond acceptors (Lipinski definition) is 3. The summed E-state index contributed by atoms with van der Waals surface area (Å²) in [7, 11) is 5.88. The van der Waals surface area contributed by atoms with Crippen LogP contribution in [0.25, 0.3) is 11.0 Å². The lowest BCUT2D eigenvalue weighted by Crippen LogP contribution is -2.23. The van der Waals surface area contributed by atoms with Crippen molar-refractivity contribution in [3.05, 3.63) is 59.9 Å². The van der Waals surface area contributed by atoms with E-state index in [2.05, 4.69) is 10.3 Å². The molecule has 5 nitrogen and oxygen atoms in total. The van der Waals surface area contributed by atoms with Crippen molar-refractivity contribution in [2.24, 2.45) is 7.05 Å². The van der Waals surface area contributed by atoms with E-state index in [-0.39, 0.29) is 5.91 Å². The van der Waals surface area contributed by atoms with Gasteiger partial charge in [0.1, 0.15) is 0 Å². The fraction of sp³-hybridized carbons (Fsp3) is 0.222. The quantitative estimate of drug-likeness (QED) is 0.806. The zero-order valence-corrected chi connectivity index (χ0v) is 13.6. The number of amides is 1. The highest BCUT2D eigenvalue weighted by atomic mass is 16.1. The molecule has 0 radical (unpaired) electrons. The van der Waals surface area contributed by atoms with Gasteiger partial charge in [-0.05, 0) is 35.9 Å². The third-order valence-electron chi connectivity index (χ3n) is 3.87. The summed E-state index contributed by atoms with van der Waals surface area (Å²) in [6.45, 7) is 0.484. The topological polar surface area (TPSA) is 50.2 Å². The minimum atomic E-state index is -0.0742. The summed E-state index contributed by atoms with van der Waals surface area (Å²) in [5.41, 5.74) is 4.73. The molecular weight excluding hydrogens is 288 g/mol. The smallest absolute Gasteiger partial charge is 0.251 e. The molecule has 0 spiro atoms. The molecule has 0 aliphatic carbocycles. The highest BCUT2D eigenvalue weighted by Crippen LogP contribution is 2.15. The zero-order chi connectivity index (χ0) is 16.4. The van der Waals surface area contributed by atoms with Gasteiger partial charge < -0.3 is 14.8 Å². The van der Waals surface area contributed by atoms with Crippen molar-refractivity contribution >= 4 is 22.6 Å². The van der Waals surface area contributed by atoms with Crippen LogP contribution in [0.5, 0.6) is 0 Å². The van der Waals surface area contributed by atoms with E-state index in [1.165, 1.54) is 0 Å². The van der Waals surface area contributed by atoms with Gasteiger partial charge in [0.2, 0.25) is 0 Å². The molecule has 1 heterocycles. The van der Waals surface area contributed by atoms with E-state index in [0.29, 0.717) is 12.1 Å². The van der Waals surface area contributed by atoms with E-state index in [4.69, 9.17) is 0 Å². The van der Waals surface area contributed by atoms with Crippen LogP contribution in [-0.4, -0.2) is 29.6 Å². The second-order valence-corrected chi connectivity index (χ2v) is 5.81. The Bertz CT molecular complexity index is 851. The summed E-state index contributed by atoms with van der Waals surface area (Å²) < 4.78 is 1.98. The van der Waals surface area contributed by atoms with Gasteiger partial charge in [0.15, 0.2) is 0 Å².